The van der Waals surface area contributed by atoms with Gasteiger partial charge >= 0.3 is 5.97 Å². The number of carbonyl (C=O) groups excluding carboxylic acids is 1. The van der Waals surface area contributed by atoms with Crippen LogP contribution < -0.4 is 0 Å². The zero-order valence-electron chi connectivity index (χ0n) is 8.57. The molecule has 0 aromatic rings. The first-order chi connectivity index (χ1) is 6.08. The predicted molar refractivity (Wildman–Crippen MR) is 52.3 cm³/mol. The second-order valence-corrected chi connectivity index (χ2v) is 2.75. The van der Waals surface area contributed by atoms with Crippen LogP contribution in [0.4, 0.5) is 0 Å². The number of methoxy groups -OCH3 is 1. The minimum absolute atomic E-state index is 0.0859. The van der Waals surface area contributed by atoms with Gasteiger partial charge in [-0.3, -0.25) is 5.01 Å². The van der Waals surface area contributed by atoms with Gasteiger partial charge in [0.25, 0.3) is 0 Å². The van der Waals surface area contributed by atoms with Crippen molar-refractivity contribution < 1.29 is 9.53 Å². The van der Waals surface area contributed by atoms with Crippen LogP contribution in [0.15, 0.2) is 16.9 Å². The van der Waals surface area contributed by atoms with Crippen molar-refractivity contribution in [3.63, 3.8) is 0 Å². The van der Waals surface area contributed by atoms with Gasteiger partial charge in [-0.05, 0) is 20.8 Å². The second-order valence-electron chi connectivity index (χ2n) is 2.75. The van der Waals surface area contributed by atoms with E-state index in [1.165, 1.54) is 12.1 Å². The maximum atomic E-state index is 11.2. The summed E-state index contributed by atoms with van der Waals surface area (Å²) in [6.07, 6.45) is 1.65. The largest absolute Gasteiger partial charge is 0.464 e. The summed E-state index contributed by atoms with van der Waals surface area (Å²) in [6.45, 7) is 8.99. The van der Waals surface area contributed by atoms with E-state index in [4.69, 9.17) is 0 Å². The Hall–Kier alpha value is -1.32. The van der Waals surface area contributed by atoms with Gasteiger partial charge in [0.05, 0.1) is 7.11 Å². The Morgan fingerprint density at radius 3 is 2.38 bits per heavy atom. The molecule has 0 aliphatic rings. The fourth-order valence-corrected chi connectivity index (χ4v) is 0.966. The Bertz CT molecular complexity index is 222. The van der Waals surface area contributed by atoms with Crippen molar-refractivity contribution >= 4 is 12.7 Å². The molecule has 0 rings (SSSR count). The SMILES string of the molecule is C=NN(/C(=C\C)C(=O)OC)C(C)C. The lowest BCUT2D eigenvalue weighted by Crippen LogP contribution is -2.29. The van der Waals surface area contributed by atoms with Gasteiger partial charge in [-0.25, -0.2) is 4.79 Å². The van der Waals surface area contributed by atoms with Gasteiger partial charge in [-0.15, -0.1) is 0 Å². The van der Waals surface area contributed by atoms with Crippen molar-refractivity contribution in [2.24, 2.45) is 5.10 Å². The summed E-state index contributed by atoms with van der Waals surface area (Å²) in [4.78, 5) is 11.2. The molecule has 0 saturated heterocycles. The molecule has 13 heavy (non-hydrogen) atoms. The molecule has 0 aromatic carbocycles. The maximum Gasteiger partial charge on any atom is 0.355 e. The average Bonchev–Trinajstić information content (AvgIpc) is 2.12. The monoisotopic (exact) mass is 184 g/mol. The van der Waals surface area contributed by atoms with Crippen LogP contribution >= 0.6 is 0 Å². The van der Waals surface area contributed by atoms with Crippen molar-refractivity contribution in [1.29, 1.82) is 0 Å². The first-order valence-corrected chi connectivity index (χ1v) is 4.09. The van der Waals surface area contributed by atoms with Gasteiger partial charge < -0.3 is 4.74 Å². The van der Waals surface area contributed by atoms with Crippen molar-refractivity contribution in [2.75, 3.05) is 7.11 Å². The highest BCUT2D eigenvalue weighted by Gasteiger charge is 2.18. The number of rotatable bonds is 4. The lowest BCUT2D eigenvalue weighted by molar-refractivity contribution is -0.138. The maximum absolute atomic E-state index is 11.2. The lowest BCUT2D eigenvalue weighted by atomic mass is 10.3. The number of nitrogens with zero attached hydrogens (tertiary/aromatic N) is 2. The Morgan fingerprint density at radius 1 is 1.62 bits per heavy atom. The van der Waals surface area contributed by atoms with E-state index in [1.54, 1.807) is 13.0 Å². The summed E-state index contributed by atoms with van der Waals surface area (Å²) in [5, 5.41) is 5.26. The lowest BCUT2D eigenvalue weighted by Gasteiger charge is -2.23. The quantitative estimate of drug-likeness (QED) is 0.287. The Labute approximate surface area is 78.9 Å². The second kappa shape index (κ2) is 5.35. The third kappa shape index (κ3) is 2.89. The molecule has 0 amide bonds. The molecule has 4 nitrogen and oxygen atoms in total. The fourth-order valence-electron chi connectivity index (χ4n) is 0.966. The Balaban J connectivity index is 4.75. The predicted octanol–water partition coefficient (Wildman–Crippen LogP) is 1.39. The van der Waals surface area contributed by atoms with E-state index in [0.717, 1.165) is 0 Å². The summed E-state index contributed by atoms with van der Waals surface area (Å²) in [5.74, 6) is -0.399. The van der Waals surface area contributed by atoms with Crippen LogP contribution in [0.5, 0.6) is 0 Å². The highest BCUT2D eigenvalue weighted by Crippen LogP contribution is 2.10. The molecule has 0 saturated carbocycles. The molecule has 0 radical (unpaired) electrons. The Morgan fingerprint density at radius 2 is 2.15 bits per heavy atom. The summed E-state index contributed by atoms with van der Waals surface area (Å²) in [7, 11) is 1.34. The fraction of sp³-hybridized carbons (Fsp3) is 0.556. The highest BCUT2D eigenvalue weighted by atomic mass is 16.5. The molecule has 0 aliphatic heterocycles. The number of allylic oxidation sites excluding steroid dienone is 1. The summed E-state index contributed by atoms with van der Waals surface area (Å²) in [6, 6.07) is 0.0859. The minimum atomic E-state index is -0.399. The third-order valence-corrected chi connectivity index (χ3v) is 1.56. The molecule has 0 atom stereocenters. The standard InChI is InChI=1S/C9H16N2O2/c1-6-8(9(12)13-5)11(10-4)7(2)3/h6-7H,4H2,1-3,5H3/b8-6-. The molecule has 0 unspecified atom stereocenters. The van der Waals surface area contributed by atoms with Crippen molar-refractivity contribution in [2.45, 2.75) is 26.8 Å². The molecule has 4 heteroatoms. The molecular weight excluding hydrogens is 168 g/mol. The van der Waals surface area contributed by atoms with E-state index >= 15 is 0 Å². The molecule has 74 valence electrons. The number of esters is 1. The number of carbonyl (C=O) groups is 1. The summed E-state index contributed by atoms with van der Waals surface area (Å²) >= 11 is 0. The number of hydrogen-bond acceptors (Lipinski definition) is 4. The van der Waals surface area contributed by atoms with Gasteiger partial charge in [-0.1, -0.05) is 6.08 Å². The van der Waals surface area contributed by atoms with Gasteiger partial charge in [0, 0.05) is 12.8 Å². The molecule has 0 aliphatic carbocycles. The van der Waals surface area contributed by atoms with E-state index in [2.05, 4.69) is 16.6 Å². The molecular formula is C9H16N2O2. The van der Waals surface area contributed by atoms with Gasteiger partial charge in [0.1, 0.15) is 5.70 Å². The first-order valence-electron chi connectivity index (χ1n) is 4.09. The average molecular weight is 184 g/mol. The molecule has 0 fully saturated rings. The van der Waals surface area contributed by atoms with E-state index < -0.39 is 5.97 Å². The van der Waals surface area contributed by atoms with Crippen LogP contribution in [0.25, 0.3) is 0 Å². The molecule has 0 heterocycles. The summed E-state index contributed by atoms with van der Waals surface area (Å²) < 4.78 is 4.60. The topological polar surface area (TPSA) is 41.9 Å². The Kier molecular flexibility index (Phi) is 4.80. The third-order valence-electron chi connectivity index (χ3n) is 1.56. The van der Waals surface area contributed by atoms with Crippen LogP contribution in [-0.4, -0.2) is 30.8 Å². The summed E-state index contributed by atoms with van der Waals surface area (Å²) in [5.41, 5.74) is 0.410. The van der Waals surface area contributed by atoms with Crippen LogP contribution in [0.3, 0.4) is 0 Å². The van der Waals surface area contributed by atoms with Gasteiger partial charge in [0.2, 0.25) is 0 Å². The highest BCUT2D eigenvalue weighted by molar-refractivity contribution is 5.87. The zero-order valence-corrected chi connectivity index (χ0v) is 8.57. The first kappa shape index (κ1) is 11.7. The van der Waals surface area contributed by atoms with E-state index in [1.807, 2.05) is 13.8 Å². The van der Waals surface area contributed by atoms with E-state index in [-0.39, 0.29) is 6.04 Å². The normalized spacial score (nSPS) is 11.3. The molecule has 0 spiro atoms. The van der Waals surface area contributed by atoms with Crippen LogP contribution in [0.2, 0.25) is 0 Å². The molecule has 0 bridgehead atoms. The number of ether oxygens (including phenoxy) is 1. The van der Waals surface area contributed by atoms with Crippen molar-refractivity contribution in [3.8, 4) is 0 Å². The van der Waals surface area contributed by atoms with Crippen molar-refractivity contribution in [3.05, 3.63) is 11.8 Å². The minimum Gasteiger partial charge on any atom is -0.464 e. The number of hydrogen-bond donors (Lipinski definition) is 0. The van der Waals surface area contributed by atoms with E-state index in [0.29, 0.717) is 5.70 Å². The van der Waals surface area contributed by atoms with Gasteiger partial charge in [-0.2, -0.15) is 5.10 Å². The number of hydrazone groups is 1. The van der Waals surface area contributed by atoms with Gasteiger partial charge in [0.15, 0.2) is 0 Å². The molecule has 0 aromatic heterocycles. The van der Waals surface area contributed by atoms with Crippen molar-refractivity contribution in [1.82, 2.24) is 5.01 Å². The van der Waals surface area contributed by atoms with Crippen LogP contribution in [0, 0.1) is 0 Å². The van der Waals surface area contributed by atoms with Crippen LogP contribution in [-0.2, 0) is 9.53 Å². The van der Waals surface area contributed by atoms with Crippen LogP contribution in [0.1, 0.15) is 20.8 Å². The zero-order chi connectivity index (χ0) is 10.4. The smallest absolute Gasteiger partial charge is 0.355 e. The molecule has 0 N–H and O–H groups in total. The van der Waals surface area contributed by atoms with E-state index in [9.17, 15) is 4.79 Å².